The molecule has 1 aliphatic carbocycles. The molecule has 5 nitrogen and oxygen atoms in total. The fourth-order valence-electron chi connectivity index (χ4n) is 4.96. The molecule has 0 aromatic rings. The summed E-state index contributed by atoms with van der Waals surface area (Å²) in [5.41, 5.74) is 0. The Balaban J connectivity index is 1.73. The molecule has 2 heterocycles. The standard InChI is InChI=1S/C18H31N3O2/c1-13(22)19-17(14-7-3-4-8-14)18(23)21-12-6-10-16(21)15-9-5-11-20(15)2/h14-17H,3-12H2,1-2H3,(H,19,22)/t15-,16-,17-/m0/s1. The second kappa shape index (κ2) is 7.20. The molecular weight excluding hydrogens is 290 g/mol. The van der Waals surface area contributed by atoms with Crippen molar-refractivity contribution in [3.8, 4) is 0 Å². The second-order valence-electron chi connectivity index (χ2n) is 7.65. The number of hydrogen-bond acceptors (Lipinski definition) is 3. The molecule has 2 amide bonds. The Morgan fingerprint density at radius 3 is 2.22 bits per heavy atom. The van der Waals surface area contributed by atoms with E-state index in [4.69, 9.17) is 0 Å². The summed E-state index contributed by atoms with van der Waals surface area (Å²) in [5.74, 6) is 0.424. The van der Waals surface area contributed by atoms with Crippen LogP contribution in [0.1, 0.15) is 58.3 Å². The predicted octanol–water partition coefficient (Wildman–Crippen LogP) is 1.77. The molecule has 0 unspecified atom stereocenters. The molecule has 5 heteroatoms. The van der Waals surface area contributed by atoms with Crippen molar-refractivity contribution in [2.45, 2.75) is 76.4 Å². The number of rotatable bonds is 4. The van der Waals surface area contributed by atoms with Gasteiger partial charge in [-0.15, -0.1) is 0 Å². The van der Waals surface area contributed by atoms with E-state index in [0.717, 1.165) is 38.8 Å². The SMILES string of the molecule is CC(=O)N[C@H](C(=O)N1CCC[C@H]1[C@@H]1CCCN1C)C1CCCC1. The van der Waals surface area contributed by atoms with Crippen LogP contribution in [0, 0.1) is 5.92 Å². The van der Waals surface area contributed by atoms with E-state index in [1.807, 2.05) is 0 Å². The highest BCUT2D eigenvalue weighted by atomic mass is 16.2. The Labute approximate surface area is 139 Å². The lowest BCUT2D eigenvalue weighted by Gasteiger charge is -2.36. The Kier molecular flexibility index (Phi) is 5.24. The van der Waals surface area contributed by atoms with Crippen molar-refractivity contribution in [3.05, 3.63) is 0 Å². The van der Waals surface area contributed by atoms with Gasteiger partial charge in [-0.1, -0.05) is 12.8 Å². The molecule has 0 spiro atoms. The second-order valence-corrected chi connectivity index (χ2v) is 7.65. The van der Waals surface area contributed by atoms with E-state index < -0.39 is 0 Å². The van der Waals surface area contributed by atoms with Gasteiger partial charge < -0.3 is 15.1 Å². The Morgan fingerprint density at radius 1 is 0.957 bits per heavy atom. The van der Waals surface area contributed by atoms with Crippen LogP contribution in [-0.2, 0) is 9.59 Å². The molecule has 3 fully saturated rings. The average Bonchev–Trinajstić information content (AvgIpc) is 3.24. The van der Waals surface area contributed by atoms with Gasteiger partial charge in [-0.3, -0.25) is 9.59 Å². The number of amides is 2. The molecule has 3 atom stereocenters. The van der Waals surface area contributed by atoms with Crippen molar-refractivity contribution in [3.63, 3.8) is 0 Å². The summed E-state index contributed by atoms with van der Waals surface area (Å²) < 4.78 is 0. The van der Waals surface area contributed by atoms with Crippen LogP contribution in [0.25, 0.3) is 0 Å². The molecular formula is C18H31N3O2. The molecule has 3 aliphatic rings. The van der Waals surface area contributed by atoms with Gasteiger partial charge in [0.2, 0.25) is 11.8 Å². The minimum absolute atomic E-state index is 0.0796. The summed E-state index contributed by atoms with van der Waals surface area (Å²) >= 11 is 0. The summed E-state index contributed by atoms with van der Waals surface area (Å²) in [6.07, 6.45) is 9.13. The van der Waals surface area contributed by atoms with Gasteiger partial charge in [0.15, 0.2) is 0 Å². The van der Waals surface area contributed by atoms with Crippen molar-refractivity contribution in [2.24, 2.45) is 5.92 Å². The Morgan fingerprint density at radius 2 is 1.61 bits per heavy atom. The van der Waals surface area contributed by atoms with Crippen molar-refractivity contribution in [2.75, 3.05) is 20.1 Å². The summed E-state index contributed by atoms with van der Waals surface area (Å²) in [7, 11) is 2.18. The van der Waals surface area contributed by atoms with E-state index >= 15 is 0 Å². The van der Waals surface area contributed by atoms with E-state index in [9.17, 15) is 9.59 Å². The van der Waals surface area contributed by atoms with Crippen molar-refractivity contribution in [1.82, 2.24) is 15.1 Å². The number of likely N-dealkylation sites (N-methyl/N-ethyl adjacent to an activating group) is 1. The molecule has 0 bridgehead atoms. The van der Waals surface area contributed by atoms with Gasteiger partial charge in [-0.25, -0.2) is 0 Å². The van der Waals surface area contributed by atoms with E-state index in [1.165, 1.54) is 32.6 Å². The lowest BCUT2D eigenvalue weighted by atomic mass is 9.95. The van der Waals surface area contributed by atoms with E-state index in [-0.39, 0.29) is 17.9 Å². The number of nitrogens with one attached hydrogen (secondary N) is 1. The number of nitrogens with zero attached hydrogens (tertiary/aromatic N) is 2. The number of carbonyl (C=O) groups excluding carboxylic acids is 2. The molecule has 2 saturated heterocycles. The number of likely N-dealkylation sites (tertiary alicyclic amines) is 2. The zero-order valence-electron chi connectivity index (χ0n) is 14.6. The first-order valence-corrected chi connectivity index (χ1v) is 9.35. The van der Waals surface area contributed by atoms with Gasteiger partial charge in [0.05, 0.1) is 0 Å². The lowest BCUT2D eigenvalue weighted by Crippen LogP contribution is -2.55. The Hall–Kier alpha value is -1.10. The van der Waals surface area contributed by atoms with E-state index in [2.05, 4.69) is 22.2 Å². The molecule has 3 rings (SSSR count). The first kappa shape index (κ1) is 16.7. The predicted molar refractivity (Wildman–Crippen MR) is 89.9 cm³/mol. The zero-order valence-corrected chi connectivity index (χ0v) is 14.6. The molecule has 0 aromatic heterocycles. The fraction of sp³-hybridized carbons (Fsp3) is 0.889. The number of hydrogen-bond donors (Lipinski definition) is 1. The largest absolute Gasteiger partial charge is 0.344 e. The molecule has 1 saturated carbocycles. The van der Waals surface area contributed by atoms with Gasteiger partial charge in [0, 0.05) is 25.6 Å². The third-order valence-corrected chi connectivity index (χ3v) is 6.10. The monoisotopic (exact) mass is 321 g/mol. The van der Waals surface area contributed by atoms with Gasteiger partial charge in [-0.05, 0) is 58.0 Å². The van der Waals surface area contributed by atoms with Crippen molar-refractivity contribution >= 4 is 11.8 Å². The van der Waals surface area contributed by atoms with E-state index in [1.54, 1.807) is 0 Å². The van der Waals surface area contributed by atoms with Gasteiger partial charge in [-0.2, -0.15) is 0 Å². The maximum absolute atomic E-state index is 13.2. The third kappa shape index (κ3) is 3.54. The average molecular weight is 321 g/mol. The van der Waals surface area contributed by atoms with Crippen LogP contribution in [0.5, 0.6) is 0 Å². The van der Waals surface area contributed by atoms with Crippen molar-refractivity contribution in [1.29, 1.82) is 0 Å². The quantitative estimate of drug-likeness (QED) is 0.858. The van der Waals surface area contributed by atoms with Crippen LogP contribution in [-0.4, -0.2) is 59.9 Å². The first-order chi connectivity index (χ1) is 11.1. The maximum Gasteiger partial charge on any atom is 0.245 e. The highest BCUT2D eigenvalue weighted by Crippen LogP contribution is 2.33. The molecule has 1 N–H and O–H groups in total. The maximum atomic E-state index is 13.2. The molecule has 130 valence electrons. The lowest BCUT2D eigenvalue weighted by molar-refractivity contribution is -0.139. The number of carbonyl (C=O) groups is 2. The minimum Gasteiger partial charge on any atom is -0.344 e. The zero-order chi connectivity index (χ0) is 16.4. The molecule has 23 heavy (non-hydrogen) atoms. The molecule has 0 aromatic carbocycles. The van der Waals surface area contributed by atoms with E-state index in [0.29, 0.717) is 18.0 Å². The normalized spacial score (nSPS) is 30.8. The summed E-state index contributed by atoms with van der Waals surface area (Å²) in [6.45, 7) is 3.53. The molecule has 0 radical (unpaired) electrons. The highest BCUT2D eigenvalue weighted by molar-refractivity contribution is 5.87. The molecule has 2 aliphatic heterocycles. The third-order valence-electron chi connectivity index (χ3n) is 6.10. The van der Waals surface area contributed by atoms with Crippen molar-refractivity contribution < 1.29 is 9.59 Å². The first-order valence-electron chi connectivity index (χ1n) is 9.35. The van der Waals surface area contributed by atoms with Crippen LogP contribution in [0.2, 0.25) is 0 Å². The van der Waals surface area contributed by atoms with Gasteiger partial charge in [0.1, 0.15) is 6.04 Å². The van der Waals surface area contributed by atoms with Crippen LogP contribution >= 0.6 is 0 Å². The van der Waals surface area contributed by atoms with Crippen LogP contribution in [0.3, 0.4) is 0 Å². The van der Waals surface area contributed by atoms with Crippen LogP contribution in [0.15, 0.2) is 0 Å². The smallest absolute Gasteiger partial charge is 0.245 e. The highest BCUT2D eigenvalue weighted by Gasteiger charge is 2.42. The van der Waals surface area contributed by atoms with Gasteiger partial charge >= 0.3 is 0 Å². The minimum atomic E-state index is -0.303. The summed E-state index contributed by atoms with van der Waals surface area (Å²) in [6, 6.07) is 0.540. The van der Waals surface area contributed by atoms with Gasteiger partial charge in [0.25, 0.3) is 0 Å². The topological polar surface area (TPSA) is 52.7 Å². The summed E-state index contributed by atoms with van der Waals surface area (Å²) in [5, 5.41) is 2.98. The summed E-state index contributed by atoms with van der Waals surface area (Å²) in [4.78, 5) is 29.4. The Bertz CT molecular complexity index is 448. The van der Waals surface area contributed by atoms with Crippen LogP contribution in [0.4, 0.5) is 0 Å². The van der Waals surface area contributed by atoms with Crippen LogP contribution < -0.4 is 5.32 Å². The fourth-order valence-corrected chi connectivity index (χ4v) is 4.96.